The second-order valence-electron chi connectivity index (χ2n) is 4.48. The molecular weight excluding hydrogens is 259 g/mol. The van der Waals surface area contributed by atoms with E-state index in [4.69, 9.17) is 0 Å². The van der Waals surface area contributed by atoms with Crippen molar-refractivity contribution in [3.8, 4) is 0 Å². The van der Waals surface area contributed by atoms with Crippen LogP contribution in [0.4, 0.5) is 13.2 Å². The summed E-state index contributed by atoms with van der Waals surface area (Å²) >= 11 is 0. The summed E-state index contributed by atoms with van der Waals surface area (Å²) in [6.07, 6.45) is 1.99. The van der Waals surface area contributed by atoms with Gasteiger partial charge >= 0.3 is 12.1 Å². The molecule has 3 nitrogen and oxygen atoms in total. The maximum atomic E-state index is 13.1. The molecule has 0 amide bonds. The van der Waals surface area contributed by atoms with Crippen LogP contribution >= 0.6 is 0 Å². The Labute approximate surface area is 108 Å². The zero-order chi connectivity index (χ0) is 14.3. The molecule has 0 aromatic rings. The van der Waals surface area contributed by atoms with Crippen molar-refractivity contribution in [2.45, 2.75) is 18.6 Å². The Hall–Kier alpha value is -1.85. The molecule has 2 atom stereocenters. The molecule has 0 bridgehead atoms. The summed E-state index contributed by atoms with van der Waals surface area (Å²) in [5.41, 5.74) is -1.18. The van der Waals surface area contributed by atoms with Crippen LogP contribution in [0.15, 0.2) is 40.4 Å². The number of esters is 1. The number of hydrogen-bond acceptors (Lipinski definition) is 3. The lowest BCUT2D eigenvalue weighted by Crippen LogP contribution is -2.46. The van der Waals surface area contributed by atoms with E-state index in [-0.39, 0.29) is 11.1 Å². The first kappa shape index (κ1) is 13.6. The van der Waals surface area contributed by atoms with Gasteiger partial charge in [-0.25, -0.2) is 4.79 Å². The molecule has 2 unspecified atom stereocenters. The number of ether oxygens (including phenoxy) is 1. The molecule has 0 spiro atoms. The standard InChI is InChI=1S/C13H12F3NO2/c1-12-9(4-3-5-10(12)13(14,15)16)8(6-7-17-12)11(18)19-2/h3-7,10H,1-2H3. The zero-order valence-electron chi connectivity index (χ0n) is 10.4. The van der Waals surface area contributed by atoms with Crippen molar-refractivity contribution in [1.29, 1.82) is 0 Å². The molecule has 6 heteroatoms. The number of carbonyl (C=O) groups is 1. The molecule has 1 aliphatic carbocycles. The van der Waals surface area contributed by atoms with E-state index in [0.717, 1.165) is 6.08 Å². The average Bonchev–Trinajstić information content (AvgIpc) is 2.34. The minimum Gasteiger partial charge on any atom is -0.465 e. The molecule has 0 saturated heterocycles. The van der Waals surface area contributed by atoms with Gasteiger partial charge in [0.2, 0.25) is 0 Å². The molecule has 0 aromatic heterocycles. The minimum absolute atomic E-state index is 0.110. The maximum absolute atomic E-state index is 13.1. The third-order valence-corrected chi connectivity index (χ3v) is 3.35. The Morgan fingerprint density at radius 3 is 2.68 bits per heavy atom. The number of aliphatic imine (C=N–C) groups is 1. The van der Waals surface area contributed by atoms with Crippen LogP contribution in [-0.2, 0) is 9.53 Å². The molecular formula is C13H12F3NO2. The van der Waals surface area contributed by atoms with Gasteiger partial charge in [0.1, 0.15) is 5.92 Å². The number of carbonyl (C=O) groups excluding carboxylic acids is 1. The Morgan fingerprint density at radius 1 is 1.42 bits per heavy atom. The van der Waals surface area contributed by atoms with Crippen LogP contribution in [0.3, 0.4) is 0 Å². The van der Waals surface area contributed by atoms with E-state index in [0.29, 0.717) is 0 Å². The number of halogens is 3. The fourth-order valence-corrected chi connectivity index (χ4v) is 2.37. The second-order valence-corrected chi connectivity index (χ2v) is 4.48. The number of dihydropyridines is 1. The van der Waals surface area contributed by atoms with Crippen LogP contribution in [-0.4, -0.2) is 31.0 Å². The molecule has 102 valence electrons. The molecule has 0 N–H and O–H groups in total. The van der Waals surface area contributed by atoms with Gasteiger partial charge in [-0.05, 0) is 18.6 Å². The smallest absolute Gasteiger partial charge is 0.397 e. The first-order valence-corrected chi connectivity index (χ1v) is 5.60. The highest BCUT2D eigenvalue weighted by molar-refractivity contribution is 6.00. The van der Waals surface area contributed by atoms with E-state index in [1.54, 1.807) is 0 Å². The van der Waals surface area contributed by atoms with Gasteiger partial charge in [0.05, 0.1) is 18.2 Å². The summed E-state index contributed by atoms with van der Waals surface area (Å²) in [5, 5.41) is 0. The molecule has 1 aliphatic heterocycles. The van der Waals surface area contributed by atoms with Crippen LogP contribution < -0.4 is 0 Å². The number of fused-ring (bicyclic) bond motifs is 1. The van der Waals surface area contributed by atoms with Crippen LogP contribution in [0.1, 0.15) is 6.92 Å². The van der Waals surface area contributed by atoms with Crippen LogP contribution in [0, 0.1) is 5.92 Å². The summed E-state index contributed by atoms with van der Waals surface area (Å²) in [4.78, 5) is 15.6. The molecule has 0 aromatic carbocycles. The summed E-state index contributed by atoms with van der Waals surface area (Å²) < 4.78 is 43.8. The van der Waals surface area contributed by atoms with Crippen LogP contribution in [0.2, 0.25) is 0 Å². The van der Waals surface area contributed by atoms with E-state index >= 15 is 0 Å². The van der Waals surface area contributed by atoms with Crippen molar-refractivity contribution >= 4 is 12.2 Å². The lowest BCUT2D eigenvalue weighted by molar-refractivity contribution is -0.172. The predicted octanol–water partition coefficient (Wildman–Crippen LogP) is 2.60. The summed E-state index contributed by atoms with van der Waals surface area (Å²) in [7, 11) is 1.19. The van der Waals surface area contributed by atoms with Crippen LogP contribution in [0.25, 0.3) is 0 Å². The van der Waals surface area contributed by atoms with E-state index in [1.165, 1.54) is 38.5 Å². The van der Waals surface area contributed by atoms with Gasteiger partial charge in [-0.3, -0.25) is 4.99 Å². The first-order valence-electron chi connectivity index (χ1n) is 5.60. The van der Waals surface area contributed by atoms with Gasteiger partial charge in [-0.2, -0.15) is 13.2 Å². The average molecular weight is 271 g/mol. The molecule has 1 heterocycles. The predicted molar refractivity (Wildman–Crippen MR) is 63.8 cm³/mol. The normalized spacial score (nSPS) is 29.4. The fourth-order valence-electron chi connectivity index (χ4n) is 2.37. The van der Waals surface area contributed by atoms with Crippen molar-refractivity contribution < 1.29 is 22.7 Å². The molecule has 0 saturated carbocycles. The van der Waals surface area contributed by atoms with Gasteiger partial charge in [0.25, 0.3) is 0 Å². The SMILES string of the molecule is COC(=O)C1=CC=NC2(C)C1=CC=CC2C(F)(F)F. The Morgan fingerprint density at radius 2 is 2.11 bits per heavy atom. The fraction of sp³-hybridized carbons (Fsp3) is 0.385. The highest BCUT2D eigenvalue weighted by Gasteiger charge is 2.54. The number of alkyl halides is 3. The third kappa shape index (κ3) is 2.11. The number of allylic oxidation sites excluding steroid dienone is 3. The third-order valence-electron chi connectivity index (χ3n) is 3.35. The van der Waals surface area contributed by atoms with Crippen molar-refractivity contribution in [3.63, 3.8) is 0 Å². The van der Waals surface area contributed by atoms with Gasteiger partial charge in [-0.1, -0.05) is 18.2 Å². The van der Waals surface area contributed by atoms with E-state index in [9.17, 15) is 18.0 Å². The van der Waals surface area contributed by atoms with Gasteiger partial charge in [-0.15, -0.1) is 0 Å². The topological polar surface area (TPSA) is 38.7 Å². The second kappa shape index (κ2) is 4.36. The van der Waals surface area contributed by atoms with Crippen molar-refractivity contribution in [3.05, 3.63) is 35.5 Å². The summed E-state index contributed by atoms with van der Waals surface area (Å²) in [6, 6.07) is 0. The minimum atomic E-state index is -4.43. The van der Waals surface area contributed by atoms with Gasteiger partial charge in [0.15, 0.2) is 0 Å². The lowest BCUT2D eigenvalue weighted by Gasteiger charge is -2.39. The monoisotopic (exact) mass is 271 g/mol. The van der Waals surface area contributed by atoms with Crippen molar-refractivity contribution in [2.75, 3.05) is 7.11 Å². The quantitative estimate of drug-likeness (QED) is 0.688. The Bertz CT molecular complexity index is 528. The Balaban J connectivity index is 2.50. The molecule has 19 heavy (non-hydrogen) atoms. The highest BCUT2D eigenvalue weighted by atomic mass is 19.4. The largest absolute Gasteiger partial charge is 0.465 e. The van der Waals surface area contributed by atoms with Crippen LogP contribution in [0.5, 0.6) is 0 Å². The molecule has 0 radical (unpaired) electrons. The lowest BCUT2D eigenvalue weighted by atomic mass is 9.72. The summed E-state index contributed by atoms with van der Waals surface area (Å²) in [6.45, 7) is 1.37. The highest BCUT2D eigenvalue weighted by Crippen LogP contribution is 2.47. The number of rotatable bonds is 1. The number of hydrogen-bond donors (Lipinski definition) is 0. The molecule has 0 fully saturated rings. The van der Waals surface area contributed by atoms with Crippen molar-refractivity contribution in [2.24, 2.45) is 10.9 Å². The summed E-state index contributed by atoms with van der Waals surface area (Å²) in [5.74, 6) is -2.43. The van der Waals surface area contributed by atoms with Crippen molar-refractivity contribution in [1.82, 2.24) is 0 Å². The Kier molecular flexibility index (Phi) is 3.12. The number of nitrogens with zero attached hydrogens (tertiary/aromatic N) is 1. The maximum Gasteiger partial charge on any atom is 0.397 e. The first-order chi connectivity index (χ1) is 8.80. The van der Waals surface area contributed by atoms with Gasteiger partial charge < -0.3 is 4.74 Å². The van der Waals surface area contributed by atoms with E-state index in [2.05, 4.69) is 9.73 Å². The van der Waals surface area contributed by atoms with Gasteiger partial charge in [0, 0.05) is 6.21 Å². The number of methoxy groups -OCH3 is 1. The zero-order valence-corrected chi connectivity index (χ0v) is 10.4. The van der Waals surface area contributed by atoms with E-state index in [1.807, 2.05) is 0 Å². The molecule has 2 rings (SSSR count). The van der Waals surface area contributed by atoms with E-state index < -0.39 is 23.6 Å². The molecule has 2 aliphatic rings.